The molecule has 0 aliphatic heterocycles. The van der Waals surface area contributed by atoms with Crippen LogP contribution in [0, 0.1) is 13.8 Å². The van der Waals surface area contributed by atoms with Gasteiger partial charge in [-0.15, -0.1) is 0 Å². The monoisotopic (exact) mass is 335 g/mol. The molecule has 126 valence electrons. The third-order valence-electron chi connectivity index (χ3n) is 4.01. The van der Waals surface area contributed by atoms with Gasteiger partial charge in [-0.1, -0.05) is 36.4 Å². The molecule has 2 aromatic carbocycles. The number of nitrogens with one attached hydrogen (secondary N) is 3. The van der Waals surface area contributed by atoms with Crippen molar-refractivity contribution < 1.29 is 14.4 Å². The van der Waals surface area contributed by atoms with E-state index < -0.39 is 17.6 Å². The fourth-order valence-corrected chi connectivity index (χ4v) is 2.75. The van der Waals surface area contributed by atoms with Gasteiger partial charge in [-0.3, -0.25) is 25.2 Å². The topological polar surface area (TPSA) is 91.1 Å². The second-order valence-corrected chi connectivity index (χ2v) is 5.72. The highest BCUT2D eigenvalue weighted by Crippen LogP contribution is 2.22. The summed E-state index contributed by atoms with van der Waals surface area (Å²) in [5.41, 5.74) is 7.35. The first-order chi connectivity index (χ1) is 12.0. The van der Waals surface area contributed by atoms with E-state index in [9.17, 15) is 14.4 Å². The molecule has 0 atom stereocenters. The van der Waals surface area contributed by atoms with Crippen molar-refractivity contribution in [3.63, 3.8) is 0 Å². The molecule has 0 spiro atoms. The minimum atomic E-state index is -0.894. The predicted molar refractivity (Wildman–Crippen MR) is 94.2 cm³/mol. The summed E-state index contributed by atoms with van der Waals surface area (Å²) in [5, 5.41) is 0.672. The molecule has 3 rings (SSSR count). The fraction of sp³-hybridized carbons (Fsp3) is 0.105. The van der Waals surface area contributed by atoms with E-state index in [2.05, 4.69) is 15.8 Å². The van der Waals surface area contributed by atoms with Gasteiger partial charge in [0.15, 0.2) is 0 Å². The van der Waals surface area contributed by atoms with Gasteiger partial charge in [-0.2, -0.15) is 0 Å². The summed E-state index contributed by atoms with van der Waals surface area (Å²) in [4.78, 5) is 39.8. The predicted octanol–water partition coefficient (Wildman–Crippen LogP) is 2.43. The number of H-pyrrole nitrogens is 1. The number of carbonyl (C=O) groups excluding carboxylic acids is 3. The first-order valence-electron chi connectivity index (χ1n) is 7.77. The fourth-order valence-electron chi connectivity index (χ4n) is 2.75. The quantitative estimate of drug-likeness (QED) is 0.390. The van der Waals surface area contributed by atoms with Crippen LogP contribution in [-0.2, 0) is 4.79 Å². The zero-order chi connectivity index (χ0) is 18.0. The molecule has 6 heteroatoms. The van der Waals surface area contributed by atoms with E-state index in [1.54, 1.807) is 44.2 Å². The first-order valence-corrected chi connectivity index (χ1v) is 7.77. The van der Waals surface area contributed by atoms with E-state index in [4.69, 9.17) is 0 Å². The summed E-state index contributed by atoms with van der Waals surface area (Å²) in [6, 6.07) is 14.2. The largest absolute Gasteiger partial charge is 0.358 e. The van der Waals surface area contributed by atoms with Crippen LogP contribution in [0.25, 0.3) is 10.9 Å². The number of rotatable bonds is 3. The maximum absolute atomic E-state index is 12.5. The van der Waals surface area contributed by atoms with Gasteiger partial charge in [-0.05, 0) is 31.5 Å². The maximum Gasteiger partial charge on any atom is 0.310 e. The van der Waals surface area contributed by atoms with Crippen molar-refractivity contribution in [1.82, 2.24) is 15.8 Å². The Kier molecular flexibility index (Phi) is 4.35. The number of benzene rings is 2. The Morgan fingerprint density at radius 1 is 0.880 bits per heavy atom. The van der Waals surface area contributed by atoms with E-state index in [0.29, 0.717) is 22.2 Å². The summed E-state index contributed by atoms with van der Waals surface area (Å²) in [6.07, 6.45) is 0. The molecule has 3 N–H and O–H groups in total. The van der Waals surface area contributed by atoms with E-state index in [0.717, 1.165) is 11.1 Å². The SMILES string of the molecule is Cc1ccccc1C(=O)NNC(=O)C(=O)c1c(C)[nH]c2ccccc12. The second-order valence-electron chi connectivity index (χ2n) is 5.72. The lowest BCUT2D eigenvalue weighted by Crippen LogP contribution is -2.45. The van der Waals surface area contributed by atoms with E-state index >= 15 is 0 Å². The number of para-hydroxylation sites is 1. The normalized spacial score (nSPS) is 10.5. The van der Waals surface area contributed by atoms with Gasteiger partial charge in [0.25, 0.3) is 11.7 Å². The number of hydrazine groups is 1. The molecule has 6 nitrogen and oxygen atoms in total. The standard InChI is InChI=1S/C19H17N3O3/c1-11-7-3-4-8-13(11)18(24)21-22-19(25)17(23)16-12(2)20-15-10-6-5-9-14(15)16/h3-10,20H,1-2H3,(H,21,24)(H,22,25). The summed E-state index contributed by atoms with van der Waals surface area (Å²) in [6.45, 7) is 3.52. The Hall–Kier alpha value is -3.41. The molecule has 0 saturated heterocycles. The van der Waals surface area contributed by atoms with Crippen LogP contribution in [0.1, 0.15) is 32.0 Å². The van der Waals surface area contributed by atoms with Gasteiger partial charge in [0.1, 0.15) is 0 Å². The van der Waals surface area contributed by atoms with Crippen LogP contribution in [0.4, 0.5) is 0 Å². The Morgan fingerprint density at radius 3 is 2.32 bits per heavy atom. The van der Waals surface area contributed by atoms with Crippen LogP contribution in [0.2, 0.25) is 0 Å². The van der Waals surface area contributed by atoms with Crippen molar-refractivity contribution in [3.05, 3.63) is 70.9 Å². The van der Waals surface area contributed by atoms with Crippen molar-refractivity contribution in [3.8, 4) is 0 Å². The Balaban J connectivity index is 1.75. The third-order valence-corrected chi connectivity index (χ3v) is 4.01. The number of Topliss-reactive ketones (excluding diaryl/α,β-unsaturated/α-hetero) is 1. The zero-order valence-corrected chi connectivity index (χ0v) is 13.8. The average molecular weight is 335 g/mol. The summed E-state index contributed by atoms with van der Waals surface area (Å²) in [5.74, 6) is -2.08. The smallest absolute Gasteiger partial charge is 0.310 e. The summed E-state index contributed by atoms with van der Waals surface area (Å²) < 4.78 is 0. The molecule has 0 radical (unpaired) electrons. The van der Waals surface area contributed by atoms with Crippen LogP contribution in [-0.4, -0.2) is 22.6 Å². The molecule has 3 aromatic rings. The van der Waals surface area contributed by atoms with Crippen LogP contribution in [0.15, 0.2) is 48.5 Å². The molecule has 0 bridgehead atoms. The van der Waals surface area contributed by atoms with Crippen molar-refractivity contribution in [2.24, 2.45) is 0 Å². The minimum absolute atomic E-state index is 0.304. The van der Waals surface area contributed by atoms with Gasteiger partial charge in [0, 0.05) is 22.2 Å². The maximum atomic E-state index is 12.5. The Bertz CT molecular complexity index is 988. The number of ketones is 1. The number of fused-ring (bicyclic) bond motifs is 1. The molecule has 0 aliphatic carbocycles. The molecular weight excluding hydrogens is 318 g/mol. The Labute approximate surface area is 144 Å². The van der Waals surface area contributed by atoms with Crippen molar-refractivity contribution >= 4 is 28.5 Å². The number of amides is 2. The summed E-state index contributed by atoms with van der Waals surface area (Å²) in [7, 11) is 0. The lowest BCUT2D eigenvalue weighted by Gasteiger charge is -2.08. The molecular formula is C19H17N3O3. The van der Waals surface area contributed by atoms with Gasteiger partial charge in [0.05, 0.1) is 5.56 Å². The van der Waals surface area contributed by atoms with Gasteiger partial charge in [0.2, 0.25) is 0 Å². The number of carbonyl (C=O) groups is 3. The number of hydrogen-bond acceptors (Lipinski definition) is 3. The van der Waals surface area contributed by atoms with Crippen LogP contribution < -0.4 is 10.9 Å². The number of aromatic amines is 1. The zero-order valence-electron chi connectivity index (χ0n) is 13.8. The lowest BCUT2D eigenvalue weighted by molar-refractivity contribution is -0.117. The molecule has 0 aliphatic rings. The average Bonchev–Trinajstić information content (AvgIpc) is 2.94. The molecule has 25 heavy (non-hydrogen) atoms. The first kappa shape index (κ1) is 16.4. The molecule has 0 fully saturated rings. The molecule has 1 aromatic heterocycles. The number of aromatic nitrogens is 1. The third kappa shape index (κ3) is 3.14. The number of hydrogen-bond donors (Lipinski definition) is 3. The van der Waals surface area contributed by atoms with Crippen LogP contribution in [0.5, 0.6) is 0 Å². The van der Waals surface area contributed by atoms with Crippen LogP contribution >= 0.6 is 0 Å². The molecule has 1 heterocycles. The van der Waals surface area contributed by atoms with E-state index in [-0.39, 0.29) is 0 Å². The second kappa shape index (κ2) is 6.60. The van der Waals surface area contributed by atoms with Crippen molar-refractivity contribution in [2.75, 3.05) is 0 Å². The molecule has 0 unspecified atom stereocenters. The van der Waals surface area contributed by atoms with Gasteiger partial charge < -0.3 is 4.98 Å². The highest BCUT2D eigenvalue weighted by Gasteiger charge is 2.23. The van der Waals surface area contributed by atoms with Crippen molar-refractivity contribution in [1.29, 1.82) is 0 Å². The van der Waals surface area contributed by atoms with Gasteiger partial charge >= 0.3 is 5.91 Å². The molecule has 2 amide bonds. The minimum Gasteiger partial charge on any atom is -0.358 e. The lowest BCUT2D eigenvalue weighted by atomic mass is 10.1. The van der Waals surface area contributed by atoms with Gasteiger partial charge in [-0.25, -0.2) is 0 Å². The summed E-state index contributed by atoms with van der Waals surface area (Å²) >= 11 is 0. The number of aryl methyl sites for hydroxylation is 2. The van der Waals surface area contributed by atoms with E-state index in [1.165, 1.54) is 0 Å². The highest BCUT2D eigenvalue weighted by atomic mass is 16.2. The molecule has 0 saturated carbocycles. The Morgan fingerprint density at radius 2 is 1.56 bits per heavy atom. The highest BCUT2D eigenvalue weighted by molar-refractivity contribution is 6.45. The van der Waals surface area contributed by atoms with Crippen LogP contribution in [0.3, 0.4) is 0 Å². The van der Waals surface area contributed by atoms with Crippen molar-refractivity contribution in [2.45, 2.75) is 13.8 Å². The van der Waals surface area contributed by atoms with E-state index in [1.807, 2.05) is 18.2 Å².